The fraction of sp³-hybridized carbons (Fsp3) is 0.294. The highest BCUT2D eigenvalue weighted by molar-refractivity contribution is 6.00. The van der Waals surface area contributed by atoms with Gasteiger partial charge in [0.2, 0.25) is 0 Å². The third-order valence-corrected chi connectivity index (χ3v) is 3.98. The second-order valence-corrected chi connectivity index (χ2v) is 5.51. The van der Waals surface area contributed by atoms with E-state index in [1.807, 2.05) is 25.4 Å². The number of carbonyl (C=O) groups is 1. The van der Waals surface area contributed by atoms with Crippen LogP contribution in [0.3, 0.4) is 0 Å². The van der Waals surface area contributed by atoms with Gasteiger partial charge in [-0.05, 0) is 29.9 Å². The van der Waals surface area contributed by atoms with Crippen molar-refractivity contribution in [3.63, 3.8) is 0 Å². The van der Waals surface area contributed by atoms with Crippen molar-refractivity contribution >= 4 is 11.7 Å². The van der Waals surface area contributed by atoms with Crippen LogP contribution in [0.4, 0.5) is 5.82 Å². The van der Waals surface area contributed by atoms with Crippen molar-refractivity contribution < 1.29 is 4.79 Å². The number of hydrogen-bond donors (Lipinski definition) is 0. The molecule has 0 spiro atoms. The minimum Gasteiger partial charge on any atom is -0.291 e. The molecule has 1 heterocycles. The third-order valence-electron chi connectivity index (χ3n) is 3.98. The molecular formula is C17H19N3O. The predicted molar refractivity (Wildman–Crippen MR) is 83.0 cm³/mol. The van der Waals surface area contributed by atoms with Crippen molar-refractivity contribution in [2.45, 2.75) is 12.3 Å². The van der Waals surface area contributed by atoms with Gasteiger partial charge in [-0.15, -0.1) is 0 Å². The van der Waals surface area contributed by atoms with Crippen LogP contribution >= 0.6 is 0 Å². The SMILES string of the molecule is C=CC(=O)N(C[C@@H]1C[C@H]1c1ccccc1)c1ccn(C)n1. The van der Waals surface area contributed by atoms with Gasteiger partial charge < -0.3 is 0 Å². The van der Waals surface area contributed by atoms with E-state index in [9.17, 15) is 4.79 Å². The Labute approximate surface area is 124 Å². The first-order valence-electron chi connectivity index (χ1n) is 7.17. The number of aromatic nitrogens is 2. The third kappa shape index (κ3) is 2.89. The average molecular weight is 281 g/mol. The van der Waals surface area contributed by atoms with E-state index >= 15 is 0 Å². The first-order valence-corrected chi connectivity index (χ1v) is 7.17. The van der Waals surface area contributed by atoms with Gasteiger partial charge >= 0.3 is 0 Å². The molecule has 4 heteroatoms. The summed E-state index contributed by atoms with van der Waals surface area (Å²) in [6.07, 6.45) is 4.33. The van der Waals surface area contributed by atoms with Crippen molar-refractivity contribution in [1.82, 2.24) is 9.78 Å². The molecule has 0 aliphatic heterocycles. The topological polar surface area (TPSA) is 38.1 Å². The van der Waals surface area contributed by atoms with Gasteiger partial charge in [-0.1, -0.05) is 36.9 Å². The number of hydrogen-bond acceptors (Lipinski definition) is 2. The van der Waals surface area contributed by atoms with Crippen LogP contribution in [0.2, 0.25) is 0 Å². The first kappa shape index (κ1) is 13.6. The quantitative estimate of drug-likeness (QED) is 0.790. The van der Waals surface area contributed by atoms with E-state index in [1.54, 1.807) is 9.58 Å². The minimum atomic E-state index is -0.0904. The molecule has 3 rings (SSSR count). The Morgan fingerprint density at radius 1 is 1.43 bits per heavy atom. The molecule has 0 saturated heterocycles. The smallest absolute Gasteiger partial charge is 0.251 e. The number of nitrogens with zero attached hydrogens (tertiary/aromatic N) is 3. The van der Waals surface area contributed by atoms with Crippen LogP contribution in [0.25, 0.3) is 0 Å². The van der Waals surface area contributed by atoms with E-state index < -0.39 is 0 Å². The molecule has 108 valence electrons. The molecule has 1 fully saturated rings. The Balaban J connectivity index is 1.72. The van der Waals surface area contributed by atoms with Crippen LogP contribution in [-0.2, 0) is 11.8 Å². The standard InChI is InChI=1S/C17H19N3O/c1-3-17(21)20(16-9-10-19(2)18-16)12-14-11-15(14)13-7-5-4-6-8-13/h3-10,14-15H,1,11-12H2,2H3/t14-,15-/m0/s1. The summed E-state index contributed by atoms with van der Waals surface area (Å²) in [4.78, 5) is 13.8. The summed E-state index contributed by atoms with van der Waals surface area (Å²) in [5, 5.41) is 4.33. The second kappa shape index (κ2) is 5.56. The van der Waals surface area contributed by atoms with Gasteiger partial charge in [0, 0.05) is 25.9 Å². The van der Waals surface area contributed by atoms with Crippen LogP contribution in [0.1, 0.15) is 17.9 Å². The Kier molecular flexibility index (Phi) is 3.60. The molecule has 0 bridgehead atoms. The second-order valence-electron chi connectivity index (χ2n) is 5.51. The van der Waals surface area contributed by atoms with E-state index in [1.165, 1.54) is 11.6 Å². The van der Waals surface area contributed by atoms with Crippen molar-refractivity contribution in [3.8, 4) is 0 Å². The minimum absolute atomic E-state index is 0.0904. The molecule has 1 aromatic carbocycles. The van der Waals surface area contributed by atoms with Crippen LogP contribution in [0, 0.1) is 5.92 Å². The number of rotatable bonds is 5. The van der Waals surface area contributed by atoms with Gasteiger partial charge in [-0.2, -0.15) is 5.10 Å². The zero-order chi connectivity index (χ0) is 14.8. The maximum atomic E-state index is 12.1. The van der Waals surface area contributed by atoms with Gasteiger partial charge in [-0.25, -0.2) is 0 Å². The van der Waals surface area contributed by atoms with Gasteiger partial charge in [0.05, 0.1) is 0 Å². The summed E-state index contributed by atoms with van der Waals surface area (Å²) < 4.78 is 1.71. The fourth-order valence-electron chi connectivity index (χ4n) is 2.75. The Bertz CT molecular complexity index is 647. The Morgan fingerprint density at radius 3 is 2.81 bits per heavy atom. The molecular weight excluding hydrogens is 262 g/mol. The van der Waals surface area contributed by atoms with Gasteiger partial charge in [0.1, 0.15) is 0 Å². The first-order chi connectivity index (χ1) is 10.2. The molecule has 4 nitrogen and oxygen atoms in total. The van der Waals surface area contributed by atoms with Crippen LogP contribution in [0.5, 0.6) is 0 Å². The normalized spacial score (nSPS) is 20.0. The molecule has 0 unspecified atom stereocenters. The lowest BCUT2D eigenvalue weighted by molar-refractivity contribution is -0.114. The zero-order valence-corrected chi connectivity index (χ0v) is 12.1. The maximum Gasteiger partial charge on any atom is 0.251 e. The monoisotopic (exact) mass is 281 g/mol. The average Bonchev–Trinajstić information content (AvgIpc) is 3.17. The number of anilines is 1. The summed E-state index contributed by atoms with van der Waals surface area (Å²) in [7, 11) is 1.85. The number of amides is 1. The number of benzene rings is 1. The van der Waals surface area contributed by atoms with Crippen LogP contribution in [0.15, 0.2) is 55.3 Å². The molecule has 1 aliphatic rings. The van der Waals surface area contributed by atoms with E-state index in [0.717, 1.165) is 6.42 Å². The largest absolute Gasteiger partial charge is 0.291 e. The van der Waals surface area contributed by atoms with E-state index in [2.05, 4.69) is 35.9 Å². The highest BCUT2D eigenvalue weighted by Crippen LogP contribution is 2.48. The lowest BCUT2D eigenvalue weighted by Crippen LogP contribution is -2.32. The van der Waals surface area contributed by atoms with Crippen molar-refractivity contribution in [1.29, 1.82) is 0 Å². The van der Waals surface area contributed by atoms with E-state index in [4.69, 9.17) is 0 Å². The molecule has 2 aromatic rings. The summed E-state index contributed by atoms with van der Waals surface area (Å²) in [6, 6.07) is 12.3. The van der Waals surface area contributed by atoms with E-state index in [0.29, 0.717) is 24.2 Å². The lowest BCUT2D eigenvalue weighted by atomic mass is 10.1. The van der Waals surface area contributed by atoms with Gasteiger partial charge in [0.15, 0.2) is 5.82 Å². The van der Waals surface area contributed by atoms with Crippen molar-refractivity contribution in [3.05, 3.63) is 60.8 Å². The molecule has 1 saturated carbocycles. The summed E-state index contributed by atoms with van der Waals surface area (Å²) in [6.45, 7) is 4.29. The fourth-order valence-corrected chi connectivity index (χ4v) is 2.75. The maximum absolute atomic E-state index is 12.1. The highest BCUT2D eigenvalue weighted by Gasteiger charge is 2.40. The highest BCUT2D eigenvalue weighted by atomic mass is 16.2. The summed E-state index contributed by atoms with van der Waals surface area (Å²) in [5.74, 6) is 1.65. The van der Waals surface area contributed by atoms with Gasteiger partial charge in [0.25, 0.3) is 5.91 Å². The molecule has 21 heavy (non-hydrogen) atoms. The molecule has 0 N–H and O–H groups in total. The molecule has 1 amide bonds. The lowest BCUT2D eigenvalue weighted by Gasteiger charge is -2.18. The van der Waals surface area contributed by atoms with Crippen molar-refractivity contribution in [2.24, 2.45) is 13.0 Å². The molecule has 2 atom stereocenters. The van der Waals surface area contributed by atoms with Gasteiger partial charge in [-0.3, -0.25) is 14.4 Å². The Morgan fingerprint density at radius 2 is 2.19 bits per heavy atom. The summed E-state index contributed by atoms with van der Waals surface area (Å²) in [5.41, 5.74) is 1.36. The number of carbonyl (C=O) groups excluding carboxylic acids is 1. The molecule has 1 aliphatic carbocycles. The molecule has 0 radical (unpaired) electrons. The molecule has 1 aromatic heterocycles. The predicted octanol–water partition coefficient (Wildman–Crippen LogP) is 2.74. The summed E-state index contributed by atoms with van der Waals surface area (Å²) >= 11 is 0. The Hall–Kier alpha value is -2.36. The van der Waals surface area contributed by atoms with Crippen molar-refractivity contribution in [2.75, 3.05) is 11.4 Å². The van der Waals surface area contributed by atoms with Crippen LogP contribution in [-0.4, -0.2) is 22.2 Å². The van der Waals surface area contributed by atoms with E-state index in [-0.39, 0.29) is 5.91 Å². The van der Waals surface area contributed by atoms with Crippen LogP contribution < -0.4 is 4.90 Å². The number of aryl methyl sites for hydroxylation is 1. The zero-order valence-electron chi connectivity index (χ0n) is 12.1.